The van der Waals surface area contributed by atoms with Crippen LogP contribution in [0, 0.1) is 24.9 Å². The number of fused-ring (bicyclic) bond motifs is 3. The molecule has 261 valence electrons. The fraction of sp³-hybridized carbons (Fsp3) is 0.133. The van der Waals surface area contributed by atoms with Crippen LogP contribution in [0.15, 0.2) is 138 Å². The molecule has 8 rings (SSSR count). The van der Waals surface area contributed by atoms with Crippen LogP contribution in [0.5, 0.6) is 0 Å². The predicted molar refractivity (Wildman–Crippen MR) is 208 cm³/mol. The van der Waals surface area contributed by atoms with Crippen molar-refractivity contribution in [2.75, 3.05) is 0 Å². The first kappa shape index (κ1) is 28.8. The van der Waals surface area contributed by atoms with Crippen molar-refractivity contribution in [2.45, 2.75) is 36.9 Å². The Hall–Kier alpha value is -4.75. The Labute approximate surface area is 330 Å². The quantitative estimate of drug-likeness (QED) is 0.0908. The van der Waals surface area contributed by atoms with E-state index in [0.29, 0.717) is 55.7 Å². The van der Waals surface area contributed by atoms with Gasteiger partial charge in [0.15, 0.2) is 0 Å². The molecule has 0 saturated carbocycles. The van der Waals surface area contributed by atoms with Gasteiger partial charge in [-0.25, -0.2) is 0 Å². The number of halogens is 1. The first-order chi connectivity index (χ1) is 27.4. The van der Waals surface area contributed by atoms with E-state index in [9.17, 15) is 4.39 Å². The minimum Gasteiger partial charge on any atom is -0.486 e. The van der Waals surface area contributed by atoms with Crippen molar-refractivity contribution in [2.24, 2.45) is 0 Å². The molecule has 4 nitrogen and oxygen atoms in total. The Balaban J connectivity index is 0.000000195. The molecule has 7 heteroatoms. The van der Waals surface area contributed by atoms with Crippen LogP contribution in [-0.2, 0) is 32.9 Å². The molecule has 0 atom stereocenters. The van der Waals surface area contributed by atoms with Crippen LogP contribution in [-0.4, -0.2) is 28.2 Å². The van der Waals surface area contributed by atoms with Crippen molar-refractivity contribution in [1.82, 2.24) is 15.0 Å². The third-order valence-corrected chi connectivity index (χ3v) is 12.4. The van der Waals surface area contributed by atoms with Crippen molar-refractivity contribution in [3.8, 4) is 22.5 Å². The van der Waals surface area contributed by atoms with Crippen LogP contribution in [0.25, 0.3) is 44.6 Å². The van der Waals surface area contributed by atoms with Gasteiger partial charge in [0.2, 0.25) is 11.7 Å². The van der Waals surface area contributed by atoms with Gasteiger partial charge in [-0.2, -0.15) is 9.37 Å². The van der Waals surface area contributed by atoms with Gasteiger partial charge in [0.05, 0.1) is 5.58 Å². The summed E-state index contributed by atoms with van der Waals surface area (Å²) in [5.41, 5.74) is 5.52. The maximum atomic E-state index is 13.5. The Morgan fingerprint density at radius 2 is 1.52 bits per heavy atom. The van der Waals surface area contributed by atoms with Crippen molar-refractivity contribution >= 4 is 39.7 Å². The zero-order chi connectivity index (χ0) is 41.5. The summed E-state index contributed by atoms with van der Waals surface area (Å²) >= 11 is -2.42. The molecule has 8 aromatic rings. The Morgan fingerprint density at radius 1 is 0.769 bits per heavy atom. The van der Waals surface area contributed by atoms with Crippen LogP contribution < -0.4 is 4.40 Å². The second kappa shape index (κ2) is 16.3. The number of hydrogen-bond acceptors (Lipinski definition) is 4. The summed E-state index contributed by atoms with van der Waals surface area (Å²) in [5, 5.41) is 1.48. The summed E-state index contributed by atoms with van der Waals surface area (Å²) in [5.74, 6) is 6.05. The molecule has 0 amide bonds. The number of rotatable bonds is 7. The van der Waals surface area contributed by atoms with Gasteiger partial charge >= 0.3 is 155 Å². The van der Waals surface area contributed by atoms with E-state index in [1.165, 1.54) is 12.1 Å². The van der Waals surface area contributed by atoms with E-state index in [0.717, 1.165) is 9.78 Å². The topological polar surface area (TPSA) is 51.8 Å². The maximum Gasteiger partial charge on any atom is 0.218 e. The van der Waals surface area contributed by atoms with Crippen molar-refractivity contribution < 1.29 is 38.5 Å². The zero-order valence-electron chi connectivity index (χ0n) is 35.7. The Morgan fingerprint density at radius 3 is 2.21 bits per heavy atom. The van der Waals surface area contributed by atoms with E-state index in [1.807, 2.05) is 42.5 Å². The average molecular weight is 928 g/mol. The standard InChI is InChI=1S/C23H14FN2O.C22H24GeN.Ir/c24-21-10-9-18-17-7-4-8-19(22(17)27-23(18)26-21)20-14-16(11-12-25-20)13-15-5-2-1-3-6-15;1-17-10-12-19(13-11-17)22-15-20(14-18-8-6-5-7-9-18)21(16-24-22)23(2,3)4;/h1-7,9-12,14H,13H2;5-12,15-16H,14H2,1-4H3;/q2*-1;/i13D2;1D3,14D2;. The molecular weight excluding hydrogens is 882 g/mol. The van der Waals surface area contributed by atoms with Crippen LogP contribution in [0.1, 0.15) is 37.4 Å². The van der Waals surface area contributed by atoms with Crippen LogP contribution in [0.3, 0.4) is 0 Å². The minimum absolute atomic E-state index is 0. The van der Waals surface area contributed by atoms with Gasteiger partial charge in [-0.15, -0.1) is 18.2 Å². The SMILES string of the molecule is [2H]C([2H])([2H])c1c[c-]c(-c2cc(C([2H])([2H])c3ccccc3)[c]([Ge]([CH3])([CH3])[CH3])cn2)cc1.[2H]C([2H])(c1ccccc1)c1ccnc(-c2[c-]ccc3c2oc2nc(F)ccc23)c1.[Ir]. The zero-order valence-corrected chi connectivity index (χ0v) is 33.2. The fourth-order valence-electron chi connectivity index (χ4n) is 5.69. The Kier molecular flexibility index (Phi) is 9.02. The van der Waals surface area contributed by atoms with E-state index in [4.69, 9.17) is 14.0 Å². The second-order valence-corrected chi connectivity index (χ2v) is 23.5. The maximum absolute atomic E-state index is 13.5. The molecule has 1 radical (unpaired) electrons. The van der Waals surface area contributed by atoms with Crippen LogP contribution in [0.4, 0.5) is 4.39 Å². The predicted octanol–water partition coefficient (Wildman–Crippen LogP) is 10.6. The summed E-state index contributed by atoms with van der Waals surface area (Å²) in [6.07, 6.45) is 0.0203. The molecule has 0 saturated heterocycles. The molecule has 52 heavy (non-hydrogen) atoms. The molecule has 0 fully saturated rings. The first-order valence-electron chi connectivity index (χ1n) is 20.0. The molecule has 4 heterocycles. The van der Waals surface area contributed by atoms with E-state index in [-0.39, 0.29) is 31.4 Å². The van der Waals surface area contributed by atoms with E-state index in [2.05, 4.69) is 44.4 Å². The summed E-state index contributed by atoms with van der Waals surface area (Å²) < 4.78 is 77.8. The number of pyridine rings is 3. The largest absolute Gasteiger partial charge is 0.486 e. The molecule has 0 bridgehead atoms. The minimum atomic E-state index is -2.42. The number of furan rings is 1. The van der Waals surface area contributed by atoms with E-state index >= 15 is 0 Å². The normalized spacial score (nSPS) is 14.0. The Bertz CT molecular complexity index is 2720. The van der Waals surface area contributed by atoms with Gasteiger partial charge in [0.1, 0.15) is 0 Å². The molecular formula is C45H38FGeIrN3O-2. The van der Waals surface area contributed by atoms with Crippen molar-refractivity contribution in [3.05, 3.63) is 180 Å². The summed E-state index contributed by atoms with van der Waals surface area (Å²) in [6.45, 7) is -2.18. The van der Waals surface area contributed by atoms with Crippen molar-refractivity contribution in [3.63, 3.8) is 0 Å². The first-order valence-corrected chi connectivity index (χ1v) is 23.8. The third-order valence-electron chi connectivity index (χ3n) is 8.20. The average Bonchev–Trinajstić information content (AvgIpc) is 3.59. The summed E-state index contributed by atoms with van der Waals surface area (Å²) in [6, 6.07) is 40.6. The number of aryl methyl sites for hydroxylation is 1. The molecule has 4 aromatic carbocycles. The number of hydrogen-bond donors (Lipinski definition) is 0. The van der Waals surface area contributed by atoms with Gasteiger partial charge in [-0.3, -0.25) is 0 Å². The van der Waals surface area contributed by atoms with Crippen LogP contribution >= 0.6 is 0 Å². The number of nitrogens with zero attached hydrogens (tertiary/aromatic N) is 3. The smallest absolute Gasteiger partial charge is 0.218 e. The van der Waals surface area contributed by atoms with Gasteiger partial charge in [-0.05, 0) is 41.4 Å². The fourth-order valence-corrected chi connectivity index (χ4v) is 8.61. The third kappa shape index (κ3) is 8.64. The van der Waals surface area contributed by atoms with Gasteiger partial charge in [-0.1, -0.05) is 47.3 Å². The van der Waals surface area contributed by atoms with E-state index < -0.39 is 38.8 Å². The number of benzene rings is 4. The molecule has 0 spiro atoms. The van der Waals surface area contributed by atoms with Crippen LogP contribution in [0.2, 0.25) is 17.3 Å². The molecule has 0 aliphatic carbocycles. The molecule has 0 unspecified atom stereocenters. The monoisotopic (exact) mass is 929 g/mol. The molecule has 0 aliphatic rings. The molecule has 4 aromatic heterocycles. The van der Waals surface area contributed by atoms with Gasteiger partial charge in [0.25, 0.3) is 0 Å². The molecule has 0 N–H and O–H groups in total. The van der Waals surface area contributed by atoms with Crippen molar-refractivity contribution in [1.29, 1.82) is 0 Å². The number of aromatic nitrogens is 3. The summed E-state index contributed by atoms with van der Waals surface area (Å²) in [7, 11) is 0. The van der Waals surface area contributed by atoms with E-state index in [1.54, 1.807) is 79.1 Å². The summed E-state index contributed by atoms with van der Waals surface area (Å²) in [4.78, 5) is 12.8. The van der Waals surface area contributed by atoms with Gasteiger partial charge in [0, 0.05) is 34.4 Å². The second-order valence-electron chi connectivity index (χ2n) is 13.0. The van der Waals surface area contributed by atoms with Gasteiger partial charge < -0.3 is 9.40 Å². The molecule has 0 aliphatic heterocycles.